The molecule has 0 aromatic heterocycles. The molecule has 0 aliphatic rings. The highest BCUT2D eigenvalue weighted by Gasteiger charge is 2.22. The highest BCUT2D eigenvalue weighted by atomic mass is 32.2. The number of carbonyl (C=O) groups is 1. The summed E-state index contributed by atoms with van der Waals surface area (Å²) in [7, 11) is -3.74. The van der Waals surface area contributed by atoms with Gasteiger partial charge in [-0.1, -0.05) is 43.2 Å². The maximum Gasteiger partial charge on any atom is 0.242 e. The molecule has 0 aliphatic heterocycles. The van der Waals surface area contributed by atoms with Gasteiger partial charge in [-0.05, 0) is 56.5 Å². The summed E-state index contributed by atoms with van der Waals surface area (Å²) in [6, 6.07) is 13.2. The Kier molecular flexibility index (Phi) is 6.94. The van der Waals surface area contributed by atoms with Crippen molar-refractivity contribution in [3.63, 3.8) is 0 Å². The molecule has 0 aliphatic carbocycles. The predicted molar refractivity (Wildman–Crippen MR) is 105 cm³/mol. The molecule has 0 radical (unpaired) electrons. The van der Waals surface area contributed by atoms with Gasteiger partial charge in [-0.3, -0.25) is 4.79 Å². The van der Waals surface area contributed by atoms with E-state index in [2.05, 4.69) is 17.0 Å². The van der Waals surface area contributed by atoms with E-state index >= 15 is 0 Å². The Hall–Kier alpha value is -2.18. The Bertz CT molecular complexity index is 828. The molecule has 0 fully saturated rings. The third-order valence-electron chi connectivity index (χ3n) is 4.10. The number of rotatable bonds is 8. The molecule has 2 aromatic rings. The van der Waals surface area contributed by atoms with E-state index in [4.69, 9.17) is 0 Å². The van der Waals surface area contributed by atoms with Gasteiger partial charge in [-0.25, -0.2) is 8.42 Å². The maximum atomic E-state index is 12.4. The minimum atomic E-state index is -3.74. The molecule has 6 heteroatoms. The summed E-state index contributed by atoms with van der Waals surface area (Å²) in [4.78, 5) is 12.4. The number of aryl methyl sites for hydroxylation is 2. The van der Waals surface area contributed by atoms with Crippen molar-refractivity contribution >= 4 is 21.6 Å². The molecule has 0 spiro atoms. The van der Waals surface area contributed by atoms with Gasteiger partial charge in [0.2, 0.25) is 15.9 Å². The summed E-state index contributed by atoms with van der Waals surface area (Å²) < 4.78 is 27.1. The summed E-state index contributed by atoms with van der Waals surface area (Å²) in [5.74, 6) is -0.401. The zero-order chi connectivity index (χ0) is 19.2. The Balaban J connectivity index is 1.97. The van der Waals surface area contributed by atoms with Gasteiger partial charge < -0.3 is 5.32 Å². The van der Waals surface area contributed by atoms with Crippen LogP contribution >= 0.6 is 0 Å². The number of sulfonamides is 1. The third kappa shape index (κ3) is 5.68. The highest BCUT2D eigenvalue weighted by Crippen LogP contribution is 2.13. The molecule has 0 saturated carbocycles. The first-order valence-electron chi connectivity index (χ1n) is 8.80. The molecule has 0 saturated heterocycles. The van der Waals surface area contributed by atoms with Crippen molar-refractivity contribution in [3.05, 3.63) is 59.7 Å². The van der Waals surface area contributed by atoms with Gasteiger partial charge in [0.05, 0.1) is 10.9 Å². The second-order valence-electron chi connectivity index (χ2n) is 6.45. The van der Waals surface area contributed by atoms with E-state index < -0.39 is 22.0 Å². The van der Waals surface area contributed by atoms with Crippen LogP contribution in [0.1, 0.15) is 37.8 Å². The lowest BCUT2D eigenvalue weighted by atomic mass is 10.1. The molecule has 1 unspecified atom stereocenters. The summed E-state index contributed by atoms with van der Waals surface area (Å²) in [5, 5.41) is 2.74. The van der Waals surface area contributed by atoms with Gasteiger partial charge in [0.15, 0.2) is 0 Å². The van der Waals surface area contributed by atoms with Gasteiger partial charge in [0.1, 0.15) is 0 Å². The van der Waals surface area contributed by atoms with Crippen molar-refractivity contribution in [3.8, 4) is 0 Å². The number of unbranched alkanes of at least 4 members (excludes halogenated alkanes) is 1. The van der Waals surface area contributed by atoms with Crippen molar-refractivity contribution in [2.75, 3.05) is 5.32 Å². The average Bonchev–Trinajstić information content (AvgIpc) is 2.61. The molecule has 0 bridgehead atoms. The summed E-state index contributed by atoms with van der Waals surface area (Å²) in [6.07, 6.45) is 3.28. The van der Waals surface area contributed by atoms with Gasteiger partial charge >= 0.3 is 0 Å². The van der Waals surface area contributed by atoms with Crippen LogP contribution in [0.3, 0.4) is 0 Å². The van der Waals surface area contributed by atoms with Crippen molar-refractivity contribution in [1.29, 1.82) is 0 Å². The summed E-state index contributed by atoms with van der Waals surface area (Å²) in [5.41, 5.74) is 2.84. The number of hydrogen-bond acceptors (Lipinski definition) is 3. The number of anilines is 1. The second kappa shape index (κ2) is 8.96. The molecule has 1 atom stereocenters. The molecule has 26 heavy (non-hydrogen) atoms. The lowest BCUT2D eigenvalue weighted by Gasteiger charge is -2.15. The van der Waals surface area contributed by atoms with Crippen LogP contribution in [0.5, 0.6) is 0 Å². The van der Waals surface area contributed by atoms with Crippen LogP contribution in [0.4, 0.5) is 5.69 Å². The zero-order valence-corrected chi connectivity index (χ0v) is 16.3. The van der Waals surface area contributed by atoms with E-state index in [1.54, 1.807) is 12.1 Å². The molecule has 2 rings (SSSR count). The predicted octanol–water partition coefficient (Wildman–Crippen LogP) is 3.64. The SMILES string of the molecule is CCCCc1ccc(NC(=O)C(C)NS(=O)(=O)c2ccc(C)cc2)cc1. The normalized spacial score (nSPS) is 12.6. The monoisotopic (exact) mass is 374 g/mol. The fourth-order valence-corrected chi connectivity index (χ4v) is 3.66. The van der Waals surface area contributed by atoms with Crippen molar-refractivity contribution in [2.45, 2.75) is 51.0 Å². The van der Waals surface area contributed by atoms with Crippen LogP contribution in [0.25, 0.3) is 0 Å². The fourth-order valence-electron chi connectivity index (χ4n) is 2.46. The minimum absolute atomic E-state index is 0.142. The van der Waals surface area contributed by atoms with Crippen LogP contribution in [0.2, 0.25) is 0 Å². The van der Waals surface area contributed by atoms with Crippen molar-refractivity contribution in [1.82, 2.24) is 4.72 Å². The Labute approximate surface area is 155 Å². The number of carbonyl (C=O) groups excluding carboxylic acids is 1. The third-order valence-corrected chi connectivity index (χ3v) is 5.65. The van der Waals surface area contributed by atoms with Crippen LogP contribution in [-0.4, -0.2) is 20.4 Å². The number of benzene rings is 2. The van der Waals surface area contributed by atoms with Crippen molar-refractivity contribution in [2.24, 2.45) is 0 Å². The summed E-state index contributed by atoms with van der Waals surface area (Å²) in [6.45, 7) is 5.55. The quantitative estimate of drug-likeness (QED) is 0.741. The van der Waals surface area contributed by atoms with Gasteiger partial charge in [0, 0.05) is 5.69 Å². The standard InChI is InChI=1S/C20H26N2O3S/c1-4-5-6-17-9-11-18(12-10-17)21-20(23)16(3)22-26(24,25)19-13-7-15(2)8-14-19/h7-14,16,22H,4-6H2,1-3H3,(H,21,23). The number of nitrogens with one attached hydrogen (secondary N) is 2. The lowest BCUT2D eigenvalue weighted by molar-refractivity contribution is -0.117. The summed E-state index contributed by atoms with van der Waals surface area (Å²) >= 11 is 0. The molecule has 0 heterocycles. The van der Waals surface area contributed by atoms with Gasteiger partial charge in [0.25, 0.3) is 0 Å². The Morgan fingerprint density at radius 1 is 1.04 bits per heavy atom. The first kappa shape index (κ1) is 20.1. The second-order valence-corrected chi connectivity index (χ2v) is 8.16. The van der Waals surface area contributed by atoms with Crippen molar-refractivity contribution < 1.29 is 13.2 Å². The highest BCUT2D eigenvalue weighted by molar-refractivity contribution is 7.89. The molecular formula is C20H26N2O3S. The van der Waals surface area contributed by atoms with Crippen LogP contribution in [0, 0.1) is 6.92 Å². The number of amides is 1. The van der Waals surface area contributed by atoms with E-state index in [1.165, 1.54) is 24.6 Å². The Morgan fingerprint density at radius 3 is 2.23 bits per heavy atom. The Morgan fingerprint density at radius 2 is 1.65 bits per heavy atom. The van der Waals surface area contributed by atoms with Crippen LogP contribution < -0.4 is 10.0 Å². The molecule has 5 nitrogen and oxygen atoms in total. The van der Waals surface area contributed by atoms with Crippen LogP contribution in [0.15, 0.2) is 53.4 Å². The first-order chi connectivity index (χ1) is 12.3. The van der Waals surface area contributed by atoms with E-state index in [0.29, 0.717) is 5.69 Å². The largest absolute Gasteiger partial charge is 0.325 e. The van der Waals surface area contributed by atoms with E-state index in [1.807, 2.05) is 31.2 Å². The first-order valence-corrected chi connectivity index (χ1v) is 10.3. The lowest BCUT2D eigenvalue weighted by Crippen LogP contribution is -2.41. The van der Waals surface area contributed by atoms with Gasteiger partial charge in [-0.2, -0.15) is 4.72 Å². The molecule has 2 N–H and O–H groups in total. The average molecular weight is 375 g/mol. The number of hydrogen-bond donors (Lipinski definition) is 2. The smallest absolute Gasteiger partial charge is 0.242 e. The maximum absolute atomic E-state index is 12.4. The molecule has 2 aromatic carbocycles. The fraction of sp³-hybridized carbons (Fsp3) is 0.350. The van der Waals surface area contributed by atoms with Gasteiger partial charge in [-0.15, -0.1) is 0 Å². The zero-order valence-electron chi connectivity index (χ0n) is 15.5. The molecule has 140 valence electrons. The topological polar surface area (TPSA) is 75.3 Å². The van der Waals surface area contributed by atoms with Crippen LogP contribution in [-0.2, 0) is 21.2 Å². The van der Waals surface area contributed by atoms with E-state index in [0.717, 1.165) is 24.8 Å². The molecule has 1 amide bonds. The minimum Gasteiger partial charge on any atom is -0.325 e. The van der Waals surface area contributed by atoms with E-state index in [9.17, 15) is 13.2 Å². The van der Waals surface area contributed by atoms with E-state index in [-0.39, 0.29) is 4.90 Å². The molecular weight excluding hydrogens is 348 g/mol.